The number of amides is 1. The largest absolute Gasteiger partial charge is 0.497 e. The summed E-state index contributed by atoms with van der Waals surface area (Å²) in [7, 11) is 1.61. The minimum atomic E-state index is -0.323. The lowest BCUT2D eigenvalue weighted by Crippen LogP contribution is -2.11. The lowest BCUT2D eigenvalue weighted by molar-refractivity contribution is 0.0993. The standard InChI is InChI=1S/C23H20N2O4/c1-15-13-21(19-5-3-4-6-20(19)24-15)25-23(26)22-12-11-18(29-22)14-28-17-9-7-16(27-2)8-10-17/h3-13H,14H2,1-2H3,(H,24,25,26). The number of hydrogen-bond acceptors (Lipinski definition) is 5. The Morgan fingerprint density at radius 2 is 1.79 bits per heavy atom. The fraction of sp³-hybridized carbons (Fsp3) is 0.130. The summed E-state index contributed by atoms with van der Waals surface area (Å²) in [6.45, 7) is 2.11. The Bertz CT molecular complexity index is 1150. The Morgan fingerprint density at radius 1 is 1.03 bits per heavy atom. The van der Waals surface area contributed by atoms with Crippen molar-refractivity contribution in [3.8, 4) is 11.5 Å². The number of anilines is 1. The van der Waals surface area contributed by atoms with E-state index < -0.39 is 0 Å². The number of carbonyl (C=O) groups excluding carboxylic acids is 1. The quantitative estimate of drug-likeness (QED) is 0.504. The zero-order valence-electron chi connectivity index (χ0n) is 16.1. The Kier molecular flexibility index (Phi) is 5.16. The summed E-state index contributed by atoms with van der Waals surface area (Å²) in [6, 6.07) is 20.1. The van der Waals surface area contributed by atoms with Crippen molar-refractivity contribution in [2.24, 2.45) is 0 Å². The molecule has 4 aromatic rings. The average molecular weight is 388 g/mol. The van der Waals surface area contributed by atoms with Gasteiger partial charge in [-0.2, -0.15) is 0 Å². The second kappa shape index (κ2) is 8.06. The molecule has 2 heterocycles. The van der Waals surface area contributed by atoms with Gasteiger partial charge in [0.05, 0.1) is 18.3 Å². The van der Waals surface area contributed by atoms with Gasteiger partial charge >= 0.3 is 0 Å². The summed E-state index contributed by atoms with van der Waals surface area (Å²) >= 11 is 0. The minimum absolute atomic E-state index is 0.219. The summed E-state index contributed by atoms with van der Waals surface area (Å²) in [5, 5.41) is 3.79. The van der Waals surface area contributed by atoms with Gasteiger partial charge in [-0.15, -0.1) is 0 Å². The highest BCUT2D eigenvalue weighted by Crippen LogP contribution is 2.24. The number of carbonyl (C=O) groups is 1. The van der Waals surface area contributed by atoms with Crippen molar-refractivity contribution in [3.63, 3.8) is 0 Å². The van der Waals surface area contributed by atoms with Gasteiger partial charge in [0.15, 0.2) is 5.76 Å². The van der Waals surface area contributed by atoms with Gasteiger partial charge in [-0.3, -0.25) is 9.78 Å². The van der Waals surface area contributed by atoms with E-state index >= 15 is 0 Å². The van der Waals surface area contributed by atoms with Crippen LogP contribution in [0.3, 0.4) is 0 Å². The van der Waals surface area contributed by atoms with Gasteiger partial charge in [-0.1, -0.05) is 18.2 Å². The second-order valence-electron chi connectivity index (χ2n) is 6.51. The molecule has 6 nitrogen and oxygen atoms in total. The number of nitrogens with zero attached hydrogens (tertiary/aromatic N) is 1. The van der Waals surface area contributed by atoms with Crippen LogP contribution in [0.15, 0.2) is 71.1 Å². The van der Waals surface area contributed by atoms with Crippen LogP contribution in [0.4, 0.5) is 5.69 Å². The molecule has 0 saturated heterocycles. The number of nitrogens with one attached hydrogen (secondary N) is 1. The minimum Gasteiger partial charge on any atom is -0.497 e. The van der Waals surface area contributed by atoms with Crippen LogP contribution in [0.25, 0.3) is 10.9 Å². The van der Waals surface area contributed by atoms with Crippen LogP contribution in [0, 0.1) is 6.92 Å². The molecule has 1 N–H and O–H groups in total. The number of fused-ring (bicyclic) bond motifs is 1. The molecule has 6 heteroatoms. The van der Waals surface area contributed by atoms with Crippen molar-refractivity contribution in [1.82, 2.24) is 4.98 Å². The van der Waals surface area contributed by atoms with Crippen molar-refractivity contribution in [1.29, 1.82) is 0 Å². The van der Waals surface area contributed by atoms with Gasteiger partial charge in [0.2, 0.25) is 0 Å². The number of furan rings is 1. The molecule has 0 aliphatic carbocycles. The smallest absolute Gasteiger partial charge is 0.291 e. The van der Waals surface area contributed by atoms with Gasteiger partial charge in [-0.25, -0.2) is 0 Å². The molecule has 0 saturated carbocycles. The van der Waals surface area contributed by atoms with E-state index in [2.05, 4.69) is 10.3 Å². The van der Waals surface area contributed by atoms with Crippen LogP contribution in [0.1, 0.15) is 22.0 Å². The number of para-hydroxylation sites is 1. The van der Waals surface area contributed by atoms with E-state index in [9.17, 15) is 4.79 Å². The zero-order chi connectivity index (χ0) is 20.2. The molecule has 2 aromatic carbocycles. The van der Waals surface area contributed by atoms with Gasteiger partial charge in [0.1, 0.15) is 23.9 Å². The van der Waals surface area contributed by atoms with E-state index in [1.54, 1.807) is 19.2 Å². The average Bonchev–Trinajstić information content (AvgIpc) is 3.22. The summed E-state index contributed by atoms with van der Waals surface area (Å²) < 4.78 is 16.5. The molecule has 0 aliphatic heterocycles. The number of benzene rings is 2. The van der Waals surface area contributed by atoms with Crippen LogP contribution < -0.4 is 14.8 Å². The van der Waals surface area contributed by atoms with Crippen LogP contribution in [-0.4, -0.2) is 18.0 Å². The summed E-state index contributed by atoms with van der Waals surface area (Å²) in [5.41, 5.74) is 2.35. The second-order valence-corrected chi connectivity index (χ2v) is 6.51. The molecule has 0 bridgehead atoms. The summed E-state index contributed by atoms with van der Waals surface area (Å²) in [6.07, 6.45) is 0. The molecule has 0 atom stereocenters. The molecule has 0 aliphatic rings. The molecule has 4 rings (SSSR count). The molecular weight excluding hydrogens is 368 g/mol. The third-order valence-electron chi connectivity index (χ3n) is 4.42. The van der Waals surface area contributed by atoms with Crippen molar-refractivity contribution >= 4 is 22.5 Å². The van der Waals surface area contributed by atoms with Crippen LogP contribution in [-0.2, 0) is 6.61 Å². The lowest BCUT2D eigenvalue weighted by Gasteiger charge is -2.08. The zero-order valence-corrected chi connectivity index (χ0v) is 16.1. The normalized spacial score (nSPS) is 10.7. The molecule has 0 spiro atoms. The van der Waals surface area contributed by atoms with Crippen LogP contribution in [0.5, 0.6) is 11.5 Å². The maximum Gasteiger partial charge on any atom is 0.291 e. The van der Waals surface area contributed by atoms with Gasteiger partial charge in [-0.05, 0) is 55.5 Å². The Labute approximate surface area is 168 Å². The lowest BCUT2D eigenvalue weighted by atomic mass is 10.1. The first kappa shape index (κ1) is 18.6. The van der Waals surface area contributed by atoms with E-state index in [0.717, 1.165) is 22.3 Å². The highest BCUT2D eigenvalue weighted by atomic mass is 16.5. The number of methoxy groups -OCH3 is 1. The number of aryl methyl sites for hydroxylation is 1. The van der Waals surface area contributed by atoms with Gasteiger partial charge in [0, 0.05) is 11.1 Å². The Balaban J connectivity index is 1.44. The third-order valence-corrected chi connectivity index (χ3v) is 4.42. The van der Waals surface area contributed by atoms with Crippen molar-refractivity contribution in [2.75, 3.05) is 12.4 Å². The van der Waals surface area contributed by atoms with Crippen LogP contribution in [0.2, 0.25) is 0 Å². The fourth-order valence-corrected chi connectivity index (χ4v) is 3.00. The summed E-state index contributed by atoms with van der Waals surface area (Å²) in [4.78, 5) is 17.1. The number of hydrogen-bond donors (Lipinski definition) is 1. The first-order chi connectivity index (χ1) is 14.1. The molecule has 2 aromatic heterocycles. The van der Waals surface area contributed by atoms with Crippen molar-refractivity contribution < 1.29 is 18.7 Å². The third kappa shape index (κ3) is 4.21. The highest BCUT2D eigenvalue weighted by Gasteiger charge is 2.14. The topological polar surface area (TPSA) is 73.6 Å². The monoisotopic (exact) mass is 388 g/mol. The molecule has 29 heavy (non-hydrogen) atoms. The maximum absolute atomic E-state index is 12.6. The van der Waals surface area contributed by atoms with E-state index in [0.29, 0.717) is 17.2 Å². The van der Waals surface area contributed by atoms with Crippen LogP contribution >= 0.6 is 0 Å². The first-order valence-electron chi connectivity index (χ1n) is 9.16. The first-order valence-corrected chi connectivity index (χ1v) is 9.16. The highest BCUT2D eigenvalue weighted by molar-refractivity contribution is 6.07. The molecule has 0 fully saturated rings. The molecule has 0 unspecified atom stereocenters. The van der Waals surface area contributed by atoms with Crippen molar-refractivity contribution in [3.05, 3.63) is 83.9 Å². The number of pyridine rings is 1. The molecule has 1 amide bonds. The molecule has 0 radical (unpaired) electrons. The maximum atomic E-state index is 12.6. The molecule has 146 valence electrons. The molecular formula is C23H20N2O4. The van der Waals surface area contributed by atoms with E-state index in [1.807, 2.05) is 61.5 Å². The number of ether oxygens (including phenoxy) is 2. The predicted octanol–water partition coefficient (Wildman–Crippen LogP) is 4.98. The van der Waals surface area contributed by atoms with E-state index in [-0.39, 0.29) is 18.3 Å². The number of aromatic nitrogens is 1. The number of rotatable bonds is 6. The van der Waals surface area contributed by atoms with E-state index in [4.69, 9.17) is 13.9 Å². The van der Waals surface area contributed by atoms with Gasteiger partial charge < -0.3 is 19.2 Å². The van der Waals surface area contributed by atoms with Gasteiger partial charge in [0.25, 0.3) is 5.91 Å². The Hall–Kier alpha value is -3.80. The van der Waals surface area contributed by atoms with E-state index in [1.165, 1.54) is 0 Å². The SMILES string of the molecule is COc1ccc(OCc2ccc(C(=O)Nc3cc(C)nc4ccccc34)o2)cc1. The predicted molar refractivity (Wildman–Crippen MR) is 110 cm³/mol. The van der Waals surface area contributed by atoms with Crippen molar-refractivity contribution in [2.45, 2.75) is 13.5 Å². The fourth-order valence-electron chi connectivity index (χ4n) is 3.00. The Morgan fingerprint density at radius 3 is 2.59 bits per heavy atom. The summed E-state index contributed by atoms with van der Waals surface area (Å²) in [5.74, 6) is 1.90.